The molecule has 1 aromatic heterocycles. The third kappa shape index (κ3) is 5.36. The minimum atomic E-state index is 0.248. The highest BCUT2D eigenvalue weighted by atomic mass is 16.5. The van der Waals surface area contributed by atoms with Crippen LogP contribution in [-0.2, 0) is 13.1 Å². The zero-order valence-corrected chi connectivity index (χ0v) is 18.1. The fraction of sp³-hybridized carbons (Fsp3) is 0.333. The number of rotatable bonds is 10. The molecule has 0 bridgehead atoms. The van der Waals surface area contributed by atoms with Crippen LogP contribution in [0.1, 0.15) is 24.0 Å². The molecule has 0 radical (unpaired) electrons. The Labute approximate surface area is 182 Å². The molecule has 0 spiro atoms. The van der Waals surface area contributed by atoms with Gasteiger partial charge in [-0.15, -0.1) is 0 Å². The summed E-state index contributed by atoms with van der Waals surface area (Å²) in [5.41, 5.74) is 2.24. The standard InChI is InChI=1S/C24H27N3O4/c1-28-19-8-4-17(5-9-19)15-27(16-18-6-10-20(29-2)11-7-18)24-25-14-22(23(26-24)30-3)31-21-12-13-21/h4-11,14,21H,12-13,15-16H2,1-3H3. The molecule has 7 nitrogen and oxygen atoms in total. The van der Waals surface area contributed by atoms with Gasteiger partial charge in [0.15, 0.2) is 5.75 Å². The molecule has 31 heavy (non-hydrogen) atoms. The summed E-state index contributed by atoms with van der Waals surface area (Å²) in [6, 6.07) is 16.0. The lowest BCUT2D eigenvalue weighted by molar-refractivity contribution is 0.275. The van der Waals surface area contributed by atoms with Crippen molar-refractivity contribution < 1.29 is 18.9 Å². The molecule has 162 valence electrons. The lowest BCUT2D eigenvalue weighted by Crippen LogP contribution is -2.24. The SMILES string of the molecule is COc1ccc(CN(Cc2ccc(OC)cc2)c2ncc(OC3CC3)c(OC)n2)cc1. The van der Waals surface area contributed by atoms with Crippen molar-refractivity contribution >= 4 is 5.95 Å². The lowest BCUT2D eigenvalue weighted by Gasteiger charge is -2.24. The summed E-state index contributed by atoms with van der Waals surface area (Å²) in [6.07, 6.45) is 4.07. The number of anilines is 1. The summed E-state index contributed by atoms with van der Waals surface area (Å²) in [5.74, 6) is 3.26. The second-order valence-electron chi connectivity index (χ2n) is 7.41. The average molecular weight is 421 g/mol. The topological polar surface area (TPSA) is 65.9 Å². The third-order valence-electron chi connectivity index (χ3n) is 5.07. The molecule has 0 N–H and O–H groups in total. The Balaban J connectivity index is 1.61. The van der Waals surface area contributed by atoms with Crippen LogP contribution in [0, 0.1) is 0 Å². The van der Waals surface area contributed by atoms with E-state index in [9.17, 15) is 0 Å². The van der Waals surface area contributed by atoms with Crippen molar-refractivity contribution in [1.82, 2.24) is 9.97 Å². The molecule has 0 amide bonds. The zero-order chi connectivity index (χ0) is 21.6. The van der Waals surface area contributed by atoms with Gasteiger partial charge in [0, 0.05) is 13.1 Å². The van der Waals surface area contributed by atoms with Crippen molar-refractivity contribution in [3.8, 4) is 23.1 Å². The van der Waals surface area contributed by atoms with E-state index in [4.69, 9.17) is 18.9 Å². The largest absolute Gasteiger partial charge is 0.497 e. The molecule has 1 aliphatic rings. The molecule has 1 aliphatic carbocycles. The maximum absolute atomic E-state index is 5.87. The minimum Gasteiger partial charge on any atom is -0.497 e. The van der Waals surface area contributed by atoms with Crippen LogP contribution in [0.2, 0.25) is 0 Å². The van der Waals surface area contributed by atoms with Gasteiger partial charge in [-0.05, 0) is 48.2 Å². The van der Waals surface area contributed by atoms with Crippen LogP contribution >= 0.6 is 0 Å². The first kappa shape index (κ1) is 20.8. The van der Waals surface area contributed by atoms with Crippen LogP contribution in [0.3, 0.4) is 0 Å². The molecule has 0 atom stereocenters. The van der Waals surface area contributed by atoms with E-state index in [0.29, 0.717) is 30.7 Å². The Bertz CT molecular complexity index is 939. The normalized spacial score (nSPS) is 12.9. The molecule has 4 rings (SSSR count). The number of hydrogen-bond acceptors (Lipinski definition) is 7. The Morgan fingerprint density at radius 3 is 1.81 bits per heavy atom. The Hall–Kier alpha value is -3.48. The minimum absolute atomic E-state index is 0.248. The van der Waals surface area contributed by atoms with E-state index >= 15 is 0 Å². The lowest BCUT2D eigenvalue weighted by atomic mass is 10.1. The van der Waals surface area contributed by atoms with E-state index in [1.165, 1.54) is 0 Å². The Morgan fingerprint density at radius 2 is 1.35 bits per heavy atom. The molecule has 0 aliphatic heterocycles. The highest BCUT2D eigenvalue weighted by molar-refractivity contribution is 5.42. The second-order valence-corrected chi connectivity index (χ2v) is 7.41. The summed E-state index contributed by atoms with van der Waals surface area (Å²) in [4.78, 5) is 11.3. The van der Waals surface area contributed by atoms with Gasteiger partial charge in [-0.3, -0.25) is 0 Å². The van der Waals surface area contributed by atoms with E-state index in [-0.39, 0.29) is 6.10 Å². The molecular formula is C24H27N3O4. The van der Waals surface area contributed by atoms with Crippen molar-refractivity contribution in [2.45, 2.75) is 32.0 Å². The quantitative estimate of drug-likeness (QED) is 0.485. The monoisotopic (exact) mass is 421 g/mol. The van der Waals surface area contributed by atoms with Crippen LogP contribution in [-0.4, -0.2) is 37.4 Å². The van der Waals surface area contributed by atoms with Gasteiger partial charge in [-0.25, -0.2) is 4.98 Å². The smallest absolute Gasteiger partial charge is 0.261 e. The molecule has 0 saturated heterocycles. The predicted octanol–water partition coefficient (Wildman–Crippen LogP) is 4.25. The maximum atomic E-state index is 5.87. The highest BCUT2D eigenvalue weighted by Crippen LogP contribution is 2.33. The predicted molar refractivity (Wildman–Crippen MR) is 118 cm³/mol. The number of hydrogen-bond donors (Lipinski definition) is 0. The van der Waals surface area contributed by atoms with Crippen molar-refractivity contribution in [3.05, 3.63) is 65.9 Å². The first-order valence-electron chi connectivity index (χ1n) is 10.3. The molecule has 1 fully saturated rings. The van der Waals surface area contributed by atoms with Crippen molar-refractivity contribution in [2.75, 3.05) is 26.2 Å². The molecule has 2 aromatic carbocycles. The molecule has 0 unspecified atom stereocenters. The first-order chi connectivity index (χ1) is 15.2. The third-order valence-corrected chi connectivity index (χ3v) is 5.07. The van der Waals surface area contributed by atoms with Gasteiger partial charge in [0.1, 0.15) is 11.5 Å². The van der Waals surface area contributed by atoms with E-state index in [1.54, 1.807) is 27.5 Å². The summed E-state index contributed by atoms with van der Waals surface area (Å²) in [5, 5.41) is 0. The number of methoxy groups -OCH3 is 3. The van der Waals surface area contributed by atoms with Gasteiger partial charge in [0.2, 0.25) is 5.95 Å². The molecular weight excluding hydrogens is 394 g/mol. The van der Waals surface area contributed by atoms with E-state index < -0.39 is 0 Å². The van der Waals surface area contributed by atoms with Crippen molar-refractivity contribution in [2.24, 2.45) is 0 Å². The van der Waals surface area contributed by atoms with E-state index in [2.05, 4.69) is 14.9 Å². The number of ether oxygens (including phenoxy) is 4. The fourth-order valence-electron chi connectivity index (χ4n) is 3.19. The Morgan fingerprint density at radius 1 is 0.806 bits per heavy atom. The summed E-state index contributed by atoms with van der Waals surface area (Å²) < 4.78 is 21.9. The van der Waals surface area contributed by atoms with Crippen LogP contribution in [0.4, 0.5) is 5.95 Å². The van der Waals surface area contributed by atoms with Gasteiger partial charge < -0.3 is 23.8 Å². The van der Waals surface area contributed by atoms with Crippen LogP contribution in [0.5, 0.6) is 23.1 Å². The van der Waals surface area contributed by atoms with Crippen LogP contribution in [0.25, 0.3) is 0 Å². The van der Waals surface area contributed by atoms with Crippen LogP contribution in [0.15, 0.2) is 54.7 Å². The van der Waals surface area contributed by atoms with Gasteiger partial charge in [0.05, 0.1) is 33.6 Å². The molecule has 1 saturated carbocycles. The number of benzene rings is 2. The Kier molecular flexibility index (Phi) is 6.40. The van der Waals surface area contributed by atoms with Crippen molar-refractivity contribution in [1.29, 1.82) is 0 Å². The van der Waals surface area contributed by atoms with E-state index in [1.807, 2.05) is 48.5 Å². The fourth-order valence-corrected chi connectivity index (χ4v) is 3.19. The average Bonchev–Trinajstić information content (AvgIpc) is 3.64. The summed E-state index contributed by atoms with van der Waals surface area (Å²) >= 11 is 0. The van der Waals surface area contributed by atoms with Gasteiger partial charge >= 0.3 is 0 Å². The molecule has 1 heterocycles. The first-order valence-corrected chi connectivity index (χ1v) is 10.3. The number of nitrogens with zero attached hydrogens (tertiary/aromatic N) is 3. The van der Waals surface area contributed by atoms with Crippen LogP contribution < -0.4 is 23.8 Å². The van der Waals surface area contributed by atoms with Gasteiger partial charge in [-0.2, -0.15) is 4.98 Å². The highest BCUT2D eigenvalue weighted by Gasteiger charge is 2.26. The van der Waals surface area contributed by atoms with Crippen molar-refractivity contribution in [3.63, 3.8) is 0 Å². The van der Waals surface area contributed by atoms with Gasteiger partial charge in [0.25, 0.3) is 5.88 Å². The van der Waals surface area contributed by atoms with Gasteiger partial charge in [-0.1, -0.05) is 24.3 Å². The van der Waals surface area contributed by atoms with E-state index in [0.717, 1.165) is 35.5 Å². The molecule has 3 aromatic rings. The maximum Gasteiger partial charge on any atom is 0.261 e. The molecule has 7 heteroatoms. The second kappa shape index (κ2) is 9.55. The number of aromatic nitrogens is 2. The summed E-state index contributed by atoms with van der Waals surface area (Å²) in [6.45, 7) is 1.25. The zero-order valence-electron chi connectivity index (χ0n) is 18.1. The summed E-state index contributed by atoms with van der Waals surface area (Å²) in [7, 11) is 4.93.